The van der Waals surface area contributed by atoms with Crippen LogP contribution in [0.3, 0.4) is 0 Å². The number of aliphatic hydroxyl groups is 2. The standard InChI is InChI=1S/C31H62O10S/c1-29(32)42-27-13-11-9-7-5-6-8-10-12-14-35-15-16-36-17-18-37-19-20-38-21-22-39-23-24-40-25-26-41-28-31(33,34)30(2,3)4/h33-34H,5-28H2,1-4H3. The van der Waals surface area contributed by atoms with Crippen LogP contribution >= 0.6 is 11.8 Å². The quantitative estimate of drug-likeness (QED) is 0.0804. The Morgan fingerprint density at radius 3 is 1.17 bits per heavy atom. The van der Waals surface area contributed by atoms with Crippen molar-refractivity contribution in [3.05, 3.63) is 0 Å². The summed E-state index contributed by atoms with van der Waals surface area (Å²) in [5, 5.41) is 20.0. The molecule has 2 N–H and O–H groups in total. The van der Waals surface area contributed by atoms with Gasteiger partial charge in [-0.25, -0.2) is 0 Å². The molecule has 0 aliphatic rings. The molecule has 0 bridgehead atoms. The van der Waals surface area contributed by atoms with Crippen molar-refractivity contribution in [1.29, 1.82) is 0 Å². The highest BCUT2D eigenvalue weighted by Crippen LogP contribution is 2.27. The SMILES string of the molecule is CC(=O)SCCCCCCCCCCCOCCOCCOCCOCCOCCOCCOCC(O)(O)C(C)(C)C. The summed E-state index contributed by atoms with van der Waals surface area (Å²) in [6.45, 7) is 13.3. The highest BCUT2D eigenvalue weighted by atomic mass is 32.2. The fraction of sp³-hybridized carbons (Fsp3) is 0.968. The van der Waals surface area contributed by atoms with Gasteiger partial charge in [0.25, 0.3) is 0 Å². The normalized spacial score (nSPS) is 12.3. The molecule has 0 radical (unpaired) electrons. The predicted octanol–water partition coefficient (Wildman–Crippen LogP) is 4.62. The Morgan fingerprint density at radius 2 is 0.810 bits per heavy atom. The summed E-state index contributed by atoms with van der Waals surface area (Å²) in [7, 11) is 0. The van der Waals surface area contributed by atoms with E-state index in [1.165, 1.54) is 56.7 Å². The summed E-state index contributed by atoms with van der Waals surface area (Å²) in [6, 6.07) is 0. The molecule has 0 aromatic heterocycles. The first kappa shape index (κ1) is 41.7. The largest absolute Gasteiger partial charge is 0.379 e. The number of thioether (sulfide) groups is 1. The van der Waals surface area contributed by atoms with Crippen molar-refractivity contribution in [3.63, 3.8) is 0 Å². The zero-order valence-corrected chi connectivity index (χ0v) is 27.9. The van der Waals surface area contributed by atoms with Gasteiger partial charge in [0.2, 0.25) is 0 Å². The van der Waals surface area contributed by atoms with Gasteiger partial charge in [-0.2, -0.15) is 0 Å². The van der Waals surface area contributed by atoms with Crippen molar-refractivity contribution >= 4 is 16.9 Å². The van der Waals surface area contributed by atoms with Crippen LogP contribution in [0.5, 0.6) is 0 Å². The van der Waals surface area contributed by atoms with E-state index in [4.69, 9.17) is 33.2 Å². The Bertz CT molecular complexity index is 587. The molecule has 252 valence electrons. The fourth-order valence-corrected chi connectivity index (χ4v) is 4.15. The molecule has 0 aromatic rings. The number of carbonyl (C=O) groups excluding carboxylic acids is 1. The van der Waals surface area contributed by atoms with Gasteiger partial charge in [0.15, 0.2) is 10.9 Å². The third-order valence-electron chi connectivity index (χ3n) is 6.47. The van der Waals surface area contributed by atoms with Gasteiger partial charge in [-0.1, -0.05) is 77.5 Å². The van der Waals surface area contributed by atoms with E-state index >= 15 is 0 Å². The lowest BCUT2D eigenvalue weighted by Crippen LogP contribution is -2.47. The molecule has 0 rings (SSSR count). The molecule has 0 aliphatic heterocycles. The number of unbranched alkanes of at least 4 members (excludes halogenated alkanes) is 8. The van der Waals surface area contributed by atoms with Gasteiger partial charge in [0.05, 0.1) is 79.3 Å². The molecule has 0 saturated heterocycles. The minimum atomic E-state index is -1.87. The molecular formula is C31H62O10S. The molecule has 11 heteroatoms. The molecule has 42 heavy (non-hydrogen) atoms. The number of rotatable bonds is 32. The third-order valence-corrected chi connectivity index (χ3v) is 7.37. The van der Waals surface area contributed by atoms with E-state index in [2.05, 4.69) is 0 Å². The first-order valence-corrected chi connectivity index (χ1v) is 16.8. The van der Waals surface area contributed by atoms with Crippen molar-refractivity contribution < 1.29 is 48.2 Å². The third kappa shape index (κ3) is 29.7. The van der Waals surface area contributed by atoms with Crippen molar-refractivity contribution in [2.24, 2.45) is 5.41 Å². The highest BCUT2D eigenvalue weighted by molar-refractivity contribution is 8.13. The van der Waals surface area contributed by atoms with E-state index in [1.54, 1.807) is 27.7 Å². The average molecular weight is 627 g/mol. The number of hydrogen-bond acceptors (Lipinski definition) is 11. The molecule has 0 aliphatic carbocycles. The van der Waals surface area contributed by atoms with Crippen LogP contribution in [0.1, 0.15) is 85.5 Å². The van der Waals surface area contributed by atoms with Crippen LogP contribution in [0.25, 0.3) is 0 Å². The summed E-state index contributed by atoms with van der Waals surface area (Å²) in [5.74, 6) is -0.899. The molecule has 0 amide bonds. The Hall–Kier alpha value is -0.340. The van der Waals surface area contributed by atoms with Gasteiger partial charge < -0.3 is 43.4 Å². The van der Waals surface area contributed by atoms with Gasteiger partial charge in [-0.05, 0) is 12.8 Å². The summed E-state index contributed by atoms with van der Waals surface area (Å²) in [4.78, 5) is 10.9. The van der Waals surface area contributed by atoms with Crippen molar-refractivity contribution in [3.8, 4) is 0 Å². The van der Waals surface area contributed by atoms with E-state index in [0.29, 0.717) is 72.7 Å². The van der Waals surface area contributed by atoms with E-state index in [1.807, 2.05) is 0 Å². The summed E-state index contributed by atoms with van der Waals surface area (Å²) in [5.41, 5.74) is -0.680. The minimum absolute atomic E-state index is 0.159. The van der Waals surface area contributed by atoms with Crippen molar-refractivity contribution in [2.45, 2.75) is 91.3 Å². The van der Waals surface area contributed by atoms with Gasteiger partial charge in [0, 0.05) is 24.7 Å². The zero-order valence-electron chi connectivity index (χ0n) is 27.0. The summed E-state index contributed by atoms with van der Waals surface area (Å²) >= 11 is 1.44. The minimum Gasteiger partial charge on any atom is -0.379 e. The molecule has 0 atom stereocenters. The monoisotopic (exact) mass is 626 g/mol. The van der Waals surface area contributed by atoms with Crippen LogP contribution in [-0.4, -0.2) is 119 Å². The number of hydrogen-bond donors (Lipinski definition) is 2. The Kier molecular flexibility index (Phi) is 29.1. The molecule has 10 nitrogen and oxygen atoms in total. The maximum Gasteiger partial charge on any atom is 0.191 e. The molecule has 0 heterocycles. The van der Waals surface area contributed by atoms with E-state index in [-0.39, 0.29) is 18.3 Å². The number of ether oxygens (including phenoxy) is 7. The van der Waals surface area contributed by atoms with Gasteiger partial charge in [-0.15, -0.1) is 0 Å². The second kappa shape index (κ2) is 29.4. The van der Waals surface area contributed by atoms with Crippen LogP contribution < -0.4 is 0 Å². The average Bonchev–Trinajstić information content (AvgIpc) is 2.92. The lowest BCUT2D eigenvalue weighted by atomic mass is 9.86. The molecule has 0 fully saturated rings. The smallest absolute Gasteiger partial charge is 0.191 e. The highest BCUT2D eigenvalue weighted by Gasteiger charge is 2.38. The van der Waals surface area contributed by atoms with Crippen LogP contribution in [0, 0.1) is 5.41 Å². The lowest BCUT2D eigenvalue weighted by molar-refractivity contribution is -0.256. The first-order chi connectivity index (χ1) is 20.2. The summed E-state index contributed by atoms with van der Waals surface area (Å²) < 4.78 is 38.2. The van der Waals surface area contributed by atoms with Gasteiger partial charge >= 0.3 is 0 Å². The van der Waals surface area contributed by atoms with E-state index in [0.717, 1.165) is 25.2 Å². The summed E-state index contributed by atoms with van der Waals surface area (Å²) in [6.07, 6.45) is 11.2. The topological polar surface area (TPSA) is 122 Å². The molecule has 0 spiro atoms. The van der Waals surface area contributed by atoms with E-state index in [9.17, 15) is 15.0 Å². The maximum atomic E-state index is 10.9. The first-order valence-electron chi connectivity index (χ1n) is 15.8. The lowest BCUT2D eigenvalue weighted by Gasteiger charge is -2.34. The van der Waals surface area contributed by atoms with Crippen LogP contribution in [0.2, 0.25) is 0 Å². The Balaban J connectivity index is 3.13. The molecule has 0 unspecified atom stereocenters. The van der Waals surface area contributed by atoms with E-state index < -0.39 is 11.2 Å². The second-order valence-corrected chi connectivity index (χ2v) is 12.6. The van der Waals surface area contributed by atoms with Gasteiger partial charge in [0.1, 0.15) is 6.61 Å². The maximum absolute atomic E-state index is 10.9. The Labute approximate surface area is 259 Å². The van der Waals surface area contributed by atoms with Gasteiger partial charge in [-0.3, -0.25) is 4.79 Å². The second-order valence-electron chi connectivity index (χ2n) is 11.3. The molecule has 0 aromatic carbocycles. The van der Waals surface area contributed by atoms with Crippen LogP contribution in [0.4, 0.5) is 0 Å². The van der Waals surface area contributed by atoms with Crippen LogP contribution in [0.15, 0.2) is 0 Å². The predicted molar refractivity (Wildman–Crippen MR) is 167 cm³/mol. The molecule has 0 saturated carbocycles. The fourth-order valence-electron chi connectivity index (χ4n) is 3.51. The Morgan fingerprint density at radius 1 is 0.500 bits per heavy atom. The van der Waals surface area contributed by atoms with Crippen LogP contribution in [-0.2, 0) is 38.0 Å². The molecular weight excluding hydrogens is 564 g/mol. The zero-order chi connectivity index (χ0) is 31.2. The van der Waals surface area contributed by atoms with Crippen molar-refractivity contribution in [2.75, 3.05) is 98.2 Å². The van der Waals surface area contributed by atoms with Crippen molar-refractivity contribution in [1.82, 2.24) is 0 Å². The number of carbonyl (C=O) groups is 1.